The van der Waals surface area contributed by atoms with E-state index in [-0.39, 0.29) is 18.4 Å². The Kier molecular flexibility index (Phi) is 12.5. The van der Waals surface area contributed by atoms with Crippen LogP contribution in [0.5, 0.6) is 0 Å². The average Bonchev–Trinajstić information content (AvgIpc) is 3.67. The maximum absolute atomic E-state index is 13.4. The molecule has 1 aliphatic heterocycles. The van der Waals surface area contributed by atoms with Crippen LogP contribution in [0, 0.1) is 37.5 Å². The van der Waals surface area contributed by atoms with Crippen LogP contribution in [-0.2, 0) is 19.1 Å². The van der Waals surface area contributed by atoms with Crippen LogP contribution in [0.15, 0.2) is 40.9 Å². The van der Waals surface area contributed by atoms with Crippen LogP contribution >= 0.6 is 11.6 Å². The average molecular weight is 691 g/mol. The Morgan fingerprint density at radius 3 is 2.55 bits per heavy atom. The minimum Gasteiger partial charge on any atom is -0.372 e. The summed E-state index contributed by atoms with van der Waals surface area (Å²) < 4.78 is 11.1. The molecule has 0 aliphatic carbocycles. The highest BCUT2D eigenvalue weighted by Gasteiger charge is 2.41. The normalized spacial score (nSPS) is 15.1. The van der Waals surface area contributed by atoms with Crippen LogP contribution in [0.2, 0.25) is 5.02 Å². The van der Waals surface area contributed by atoms with Gasteiger partial charge in [-0.1, -0.05) is 49.7 Å². The van der Waals surface area contributed by atoms with E-state index < -0.39 is 23.4 Å². The number of carbonyl (C=O) groups excluding carboxylic acids is 3. The number of primary amides is 1. The molecule has 1 saturated heterocycles. The first kappa shape index (κ1) is 37.4. The molecule has 2 atom stereocenters. The number of halogens is 1. The van der Waals surface area contributed by atoms with Crippen molar-refractivity contribution in [1.82, 2.24) is 15.4 Å². The van der Waals surface area contributed by atoms with Crippen LogP contribution in [0.1, 0.15) is 75.5 Å². The van der Waals surface area contributed by atoms with Gasteiger partial charge in [0.15, 0.2) is 0 Å². The van der Waals surface area contributed by atoms with E-state index in [2.05, 4.69) is 46.6 Å². The topological polar surface area (TPSA) is 155 Å². The first-order valence-electron chi connectivity index (χ1n) is 16.7. The van der Waals surface area contributed by atoms with Gasteiger partial charge in [0.05, 0.1) is 16.3 Å². The Morgan fingerprint density at radius 2 is 1.92 bits per heavy atom. The first-order valence-corrected chi connectivity index (χ1v) is 17.1. The fraction of sp³-hybridized carbons (Fsp3) is 0.486. The molecule has 3 N–H and O–H groups in total. The maximum Gasteiger partial charge on any atom is 0.246 e. The van der Waals surface area contributed by atoms with Crippen LogP contribution in [0.4, 0.5) is 11.4 Å². The van der Waals surface area contributed by atoms with Gasteiger partial charge < -0.3 is 30.1 Å². The summed E-state index contributed by atoms with van der Waals surface area (Å²) in [6, 6.07) is 12.4. The molecule has 0 bridgehead atoms. The molecule has 0 spiro atoms. The number of nitrogens with two attached hydrogens (primary N) is 1. The van der Waals surface area contributed by atoms with E-state index in [1.807, 2.05) is 46.8 Å². The SMILES string of the molecule is Cc1ccc(-c2c(C)noc2C)cc1N(CCCCCOCC(=O)N[C@H](C(=O)N1CCC[C@H]1C(N)=O)C(C)(C)C)c1ccc(C#N)c(Cl)c1. The number of amides is 3. The predicted octanol–water partition coefficient (Wildman–Crippen LogP) is 6.12. The van der Waals surface area contributed by atoms with Crippen molar-refractivity contribution in [2.24, 2.45) is 11.1 Å². The quantitative estimate of drug-likeness (QED) is 0.192. The van der Waals surface area contributed by atoms with Crippen LogP contribution in [-0.4, -0.2) is 66.2 Å². The molecule has 4 rings (SSSR count). The molecule has 0 saturated carbocycles. The van der Waals surface area contributed by atoms with Crippen LogP contribution in [0.25, 0.3) is 11.1 Å². The van der Waals surface area contributed by atoms with Gasteiger partial charge in [0.1, 0.15) is 30.5 Å². The second-order valence-electron chi connectivity index (χ2n) is 13.7. The highest BCUT2D eigenvalue weighted by Crippen LogP contribution is 2.36. The zero-order chi connectivity index (χ0) is 35.9. The number of nitrogens with zero attached hydrogens (tertiary/aromatic N) is 4. The Bertz CT molecular complexity index is 1690. The van der Waals surface area contributed by atoms with Gasteiger partial charge in [-0.3, -0.25) is 14.4 Å². The summed E-state index contributed by atoms with van der Waals surface area (Å²) in [5, 5.41) is 16.8. The van der Waals surface area contributed by atoms with Crippen molar-refractivity contribution in [1.29, 1.82) is 5.26 Å². The molecule has 1 aromatic heterocycles. The van der Waals surface area contributed by atoms with E-state index in [1.54, 1.807) is 6.07 Å². The van der Waals surface area contributed by atoms with Crippen molar-refractivity contribution in [3.8, 4) is 17.2 Å². The molecule has 3 aromatic rings. The van der Waals surface area contributed by atoms with Gasteiger partial charge >= 0.3 is 0 Å². The Hall–Kier alpha value is -4.40. The number of hydrogen-bond donors (Lipinski definition) is 2. The fourth-order valence-electron chi connectivity index (χ4n) is 6.26. The van der Waals surface area contributed by atoms with Crippen molar-refractivity contribution in [2.45, 2.75) is 85.7 Å². The molecule has 1 fully saturated rings. The lowest BCUT2D eigenvalue weighted by molar-refractivity contribution is -0.143. The van der Waals surface area contributed by atoms with Crippen molar-refractivity contribution in [3.05, 3.63) is 64.0 Å². The molecule has 2 aromatic carbocycles. The Balaban J connectivity index is 1.35. The summed E-state index contributed by atoms with van der Waals surface area (Å²) in [7, 11) is 0. The number of unbranched alkanes of at least 4 members (excludes halogenated alkanes) is 2. The van der Waals surface area contributed by atoms with E-state index >= 15 is 0 Å². The van der Waals surface area contributed by atoms with Gasteiger partial charge in [0, 0.05) is 36.6 Å². The Morgan fingerprint density at radius 1 is 1.16 bits per heavy atom. The molecule has 0 unspecified atom stereocenters. The third kappa shape index (κ3) is 9.19. The second kappa shape index (κ2) is 16.3. The Labute approximate surface area is 293 Å². The van der Waals surface area contributed by atoms with E-state index in [9.17, 15) is 19.6 Å². The first-order chi connectivity index (χ1) is 23.2. The third-order valence-electron chi connectivity index (χ3n) is 8.89. The zero-order valence-electron chi connectivity index (χ0n) is 29.3. The summed E-state index contributed by atoms with van der Waals surface area (Å²) in [6.07, 6.45) is 3.60. The number of nitrogens with one attached hydrogen (secondary N) is 1. The standard InChI is InChI=1S/C37H47ClN6O5/c1-23-12-13-26(33-24(2)42-49-25(33)3)19-31(23)43(28-15-14-27(21-39)29(38)20-28)16-8-7-9-18-48-22-32(45)41-34(37(4,5)6)36(47)44-17-10-11-30(44)35(40)46/h12-15,19-20,30,34H,7-11,16-18,22H2,1-6H3,(H2,40,46)(H,41,45)/t30-,34+/m0/s1. The van der Waals surface area contributed by atoms with Gasteiger partial charge in [0.25, 0.3) is 0 Å². The molecule has 262 valence electrons. The predicted molar refractivity (Wildman–Crippen MR) is 189 cm³/mol. The summed E-state index contributed by atoms with van der Waals surface area (Å²) in [6.45, 7) is 12.8. The van der Waals surface area contributed by atoms with Crippen molar-refractivity contribution < 1.29 is 23.6 Å². The molecular formula is C37H47ClN6O5. The number of aryl methyl sites for hydroxylation is 3. The number of nitriles is 1. The zero-order valence-corrected chi connectivity index (χ0v) is 30.0. The molecule has 11 nitrogen and oxygen atoms in total. The highest BCUT2D eigenvalue weighted by molar-refractivity contribution is 6.32. The lowest BCUT2D eigenvalue weighted by atomic mass is 9.85. The van der Waals surface area contributed by atoms with Crippen LogP contribution in [0.3, 0.4) is 0 Å². The van der Waals surface area contributed by atoms with Gasteiger partial charge in [-0.15, -0.1) is 0 Å². The number of benzene rings is 2. The molecule has 2 heterocycles. The summed E-state index contributed by atoms with van der Waals surface area (Å²) in [4.78, 5) is 41.8. The van der Waals surface area contributed by atoms with Gasteiger partial charge in [-0.25, -0.2) is 0 Å². The van der Waals surface area contributed by atoms with Gasteiger partial charge in [-0.05, 0) is 93.7 Å². The molecule has 12 heteroatoms. The molecular weight excluding hydrogens is 644 g/mol. The number of ether oxygens (including phenoxy) is 1. The van der Waals surface area contributed by atoms with Crippen molar-refractivity contribution in [2.75, 3.05) is 31.2 Å². The lowest BCUT2D eigenvalue weighted by Crippen LogP contribution is -2.57. The highest BCUT2D eigenvalue weighted by atomic mass is 35.5. The van der Waals surface area contributed by atoms with Crippen molar-refractivity contribution in [3.63, 3.8) is 0 Å². The monoisotopic (exact) mass is 690 g/mol. The maximum atomic E-state index is 13.4. The smallest absolute Gasteiger partial charge is 0.246 e. The summed E-state index contributed by atoms with van der Waals surface area (Å²) in [5.41, 5.74) is 11.1. The lowest BCUT2D eigenvalue weighted by Gasteiger charge is -2.35. The van der Waals surface area contributed by atoms with E-state index in [4.69, 9.17) is 26.6 Å². The molecule has 49 heavy (non-hydrogen) atoms. The number of rotatable bonds is 14. The van der Waals surface area contributed by atoms with Crippen LogP contribution < -0.4 is 16.0 Å². The minimum atomic E-state index is -0.815. The number of hydrogen-bond acceptors (Lipinski definition) is 8. The molecule has 1 aliphatic rings. The second-order valence-corrected chi connectivity index (χ2v) is 14.1. The molecule has 0 radical (unpaired) electrons. The van der Waals surface area contributed by atoms with E-state index in [0.717, 1.165) is 58.8 Å². The summed E-state index contributed by atoms with van der Waals surface area (Å²) >= 11 is 6.47. The molecule has 3 amide bonds. The minimum absolute atomic E-state index is 0.178. The van der Waals surface area contributed by atoms with Gasteiger partial charge in [-0.2, -0.15) is 5.26 Å². The number of anilines is 2. The number of aromatic nitrogens is 1. The summed E-state index contributed by atoms with van der Waals surface area (Å²) in [5.74, 6) is -0.473. The third-order valence-corrected chi connectivity index (χ3v) is 9.21. The van der Waals surface area contributed by atoms with E-state index in [1.165, 1.54) is 4.90 Å². The van der Waals surface area contributed by atoms with E-state index in [0.29, 0.717) is 43.1 Å². The fourth-order valence-corrected chi connectivity index (χ4v) is 6.48. The van der Waals surface area contributed by atoms with Crippen molar-refractivity contribution >= 4 is 40.7 Å². The van der Waals surface area contributed by atoms with Gasteiger partial charge in [0.2, 0.25) is 17.7 Å². The number of carbonyl (C=O) groups is 3. The number of likely N-dealkylation sites (tertiary alicyclic amines) is 1. The largest absolute Gasteiger partial charge is 0.372 e.